The first-order chi connectivity index (χ1) is 14.1. The van der Waals surface area contributed by atoms with E-state index in [1.807, 2.05) is 18.2 Å². The fraction of sp³-hybridized carbons (Fsp3) is 0.286. The van der Waals surface area contributed by atoms with Gasteiger partial charge in [-0.3, -0.25) is 9.98 Å². The van der Waals surface area contributed by atoms with Gasteiger partial charge < -0.3 is 16.0 Å². The van der Waals surface area contributed by atoms with Crippen LogP contribution in [0.4, 0.5) is 8.78 Å². The number of imidazole rings is 1. The van der Waals surface area contributed by atoms with Crippen molar-refractivity contribution >= 4 is 43.2 Å². The van der Waals surface area contributed by atoms with Crippen LogP contribution in [0.15, 0.2) is 60.1 Å². The first-order valence-electron chi connectivity index (χ1n) is 9.50. The number of rotatable bonds is 9. The van der Waals surface area contributed by atoms with Gasteiger partial charge in [0.2, 0.25) is 0 Å². The van der Waals surface area contributed by atoms with Gasteiger partial charge in [-0.15, -0.1) is 37.2 Å². The molecule has 2 aromatic heterocycles. The lowest BCUT2D eigenvalue weighted by atomic mass is 9.92. The molecule has 32 heavy (non-hydrogen) atoms. The first kappa shape index (κ1) is 29.6. The predicted molar refractivity (Wildman–Crippen MR) is 130 cm³/mol. The minimum absolute atomic E-state index is 0. The third-order valence-corrected chi connectivity index (χ3v) is 4.57. The fourth-order valence-corrected chi connectivity index (χ4v) is 3.09. The summed E-state index contributed by atoms with van der Waals surface area (Å²) in [6, 6.07) is 9.52. The Bertz CT molecular complexity index is 927. The van der Waals surface area contributed by atoms with Crippen molar-refractivity contribution in [1.82, 2.24) is 20.3 Å². The Balaban J connectivity index is 0.00000320. The van der Waals surface area contributed by atoms with Crippen molar-refractivity contribution in [2.75, 3.05) is 13.1 Å². The van der Waals surface area contributed by atoms with Crippen molar-refractivity contribution in [3.63, 3.8) is 0 Å². The Hall–Kier alpha value is -2.42. The SMILES string of the molecule is Cl.Cl.Cl.NC(=NCCCc1cnc[nH]1)NCCC(c1ccc(F)c(F)c1)c1ccccn1. The summed E-state index contributed by atoms with van der Waals surface area (Å²) in [5.74, 6) is -1.56. The Morgan fingerprint density at radius 3 is 2.59 bits per heavy atom. The summed E-state index contributed by atoms with van der Waals surface area (Å²) in [7, 11) is 0. The minimum Gasteiger partial charge on any atom is -0.370 e. The lowest BCUT2D eigenvalue weighted by Gasteiger charge is -2.18. The zero-order valence-electron chi connectivity index (χ0n) is 17.2. The molecule has 0 aliphatic heterocycles. The van der Waals surface area contributed by atoms with E-state index >= 15 is 0 Å². The summed E-state index contributed by atoms with van der Waals surface area (Å²) in [6.45, 7) is 1.13. The van der Waals surface area contributed by atoms with E-state index in [2.05, 4.69) is 25.3 Å². The highest BCUT2D eigenvalue weighted by molar-refractivity contribution is 5.86. The van der Waals surface area contributed by atoms with E-state index < -0.39 is 11.6 Å². The molecule has 11 heteroatoms. The van der Waals surface area contributed by atoms with E-state index in [9.17, 15) is 8.78 Å². The summed E-state index contributed by atoms with van der Waals surface area (Å²) in [5, 5.41) is 3.08. The van der Waals surface area contributed by atoms with Crippen LogP contribution in [0.1, 0.15) is 35.7 Å². The second-order valence-corrected chi connectivity index (χ2v) is 6.64. The number of benzene rings is 1. The number of hydrogen-bond acceptors (Lipinski definition) is 3. The average molecular weight is 508 g/mol. The number of aromatic nitrogens is 3. The smallest absolute Gasteiger partial charge is 0.188 e. The van der Waals surface area contributed by atoms with Crippen molar-refractivity contribution in [3.8, 4) is 0 Å². The van der Waals surface area contributed by atoms with E-state index in [1.165, 1.54) is 6.07 Å². The predicted octanol–water partition coefficient (Wildman–Crippen LogP) is 4.41. The molecule has 4 N–H and O–H groups in total. The van der Waals surface area contributed by atoms with Gasteiger partial charge in [-0.25, -0.2) is 13.8 Å². The molecule has 0 spiro atoms. The molecular weight excluding hydrogens is 481 g/mol. The van der Waals surface area contributed by atoms with Crippen LogP contribution in [0.2, 0.25) is 0 Å². The summed E-state index contributed by atoms with van der Waals surface area (Å²) in [5.41, 5.74) is 8.45. The van der Waals surface area contributed by atoms with Crippen molar-refractivity contribution < 1.29 is 8.78 Å². The molecule has 0 fully saturated rings. The molecule has 3 aromatic rings. The largest absolute Gasteiger partial charge is 0.370 e. The number of aromatic amines is 1. The van der Waals surface area contributed by atoms with E-state index in [1.54, 1.807) is 24.8 Å². The Labute approximate surface area is 204 Å². The number of aliphatic imine (C=N–C) groups is 1. The van der Waals surface area contributed by atoms with Crippen LogP contribution in [-0.2, 0) is 6.42 Å². The molecule has 0 aliphatic rings. The number of aryl methyl sites for hydroxylation is 1. The van der Waals surface area contributed by atoms with E-state index in [-0.39, 0.29) is 43.1 Å². The number of nitrogens with one attached hydrogen (secondary N) is 2. The van der Waals surface area contributed by atoms with Gasteiger partial charge in [-0.2, -0.15) is 0 Å². The van der Waals surface area contributed by atoms with Gasteiger partial charge in [0.15, 0.2) is 17.6 Å². The summed E-state index contributed by atoms with van der Waals surface area (Å²) in [4.78, 5) is 15.7. The van der Waals surface area contributed by atoms with Gasteiger partial charge in [-0.05, 0) is 49.1 Å². The summed E-state index contributed by atoms with van der Waals surface area (Å²) >= 11 is 0. The zero-order chi connectivity index (χ0) is 20.5. The first-order valence-corrected chi connectivity index (χ1v) is 9.50. The fourth-order valence-electron chi connectivity index (χ4n) is 3.09. The van der Waals surface area contributed by atoms with Crippen LogP contribution in [0, 0.1) is 11.6 Å². The van der Waals surface area contributed by atoms with Gasteiger partial charge in [-0.1, -0.05) is 12.1 Å². The third-order valence-electron chi connectivity index (χ3n) is 4.57. The van der Waals surface area contributed by atoms with E-state index in [0.29, 0.717) is 31.0 Å². The van der Waals surface area contributed by atoms with Gasteiger partial charge in [0.05, 0.1) is 6.33 Å². The molecule has 0 radical (unpaired) electrons. The highest BCUT2D eigenvalue weighted by Crippen LogP contribution is 2.27. The highest BCUT2D eigenvalue weighted by atomic mass is 35.5. The number of pyridine rings is 1. The second-order valence-electron chi connectivity index (χ2n) is 6.64. The standard InChI is InChI=1S/C21H24F2N6.3ClH/c22-18-7-6-15(12-19(18)23)17(20-5-1-2-9-26-20)8-11-28-21(24)27-10-3-4-16-13-25-14-29-16;;;/h1-2,5-7,9,12-14,17H,3-4,8,10-11H2,(H,25,29)(H3,24,27,28);3*1H. The molecule has 0 saturated heterocycles. The highest BCUT2D eigenvalue weighted by Gasteiger charge is 2.17. The number of halogens is 5. The molecule has 0 aliphatic carbocycles. The maximum Gasteiger partial charge on any atom is 0.188 e. The molecule has 1 aromatic carbocycles. The molecule has 3 rings (SSSR count). The molecule has 0 bridgehead atoms. The summed E-state index contributed by atoms with van der Waals surface area (Å²) < 4.78 is 27.0. The molecule has 2 heterocycles. The van der Waals surface area contributed by atoms with E-state index in [0.717, 1.165) is 30.3 Å². The van der Waals surface area contributed by atoms with Crippen molar-refractivity contribution in [2.24, 2.45) is 10.7 Å². The molecule has 0 saturated carbocycles. The minimum atomic E-state index is -0.866. The van der Waals surface area contributed by atoms with Crippen molar-refractivity contribution in [1.29, 1.82) is 0 Å². The Morgan fingerprint density at radius 1 is 1.12 bits per heavy atom. The molecule has 6 nitrogen and oxygen atoms in total. The number of guanidine groups is 1. The monoisotopic (exact) mass is 506 g/mol. The van der Waals surface area contributed by atoms with Gasteiger partial charge >= 0.3 is 0 Å². The van der Waals surface area contributed by atoms with Crippen LogP contribution in [0.3, 0.4) is 0 Å². The van der Waals surface area contributed by atoms with Crippen molar-refractivity contribution in [3.05, 3.63) is 83.7 Å². The second kappa shape index (κ2) is 15.4. The van der Waals surface area contributed by atoms with E-state index in [4.69, 9.17) is 5.73 Å². The number of hydrogen-bond donors (Lipinski definition) is 3. The summed E-state index contributed by atoms with van der Waals surface area (Å²) in [6.07, 6.45) is 7.45. The lowest BCUT2D eigenvalue weighted by Crippen LogP contribution is -2.33. The maximum atomic E-state index is 13.7. The van der Waals surface area contributed by atoms with Crippen LogP contribution >= 0.6 is 37.2 Å². The zero-order valence-corrected chi connectivity index (χ0v) is 19.7. The van der Waals surface area contributed by atoms with Crippen molar-refractivity contribution in [2.45, 2.75) is 25.2 Å². The van der Waals surface area contributed by atoms with Crippen LogP contribution in [0.5, 0.6) is 0 Å². The Kier molecular flexibility index (Phi) is 14.2. The number of nitrogens with two attached hydrogens (primary N) is 1. The van der Waals surface area contributed by atoms with Crippen LogP contribution < -0.4 is 11.1 Å². The van der Waals surface area contributed by atoms with Crippen LogP contribution in [-0.4, -0.2) is 34.0 Å². The topological polar surface area (TPSA) is 92.0 Å². The van der Waals surface area contributed by atoms with Gasteiger partial charge in [0.25, 0.3) is 0 Å². The normalized spacial score (nSPS) is 11.5. The average Bonchev–Trinajstić information content (AvgIpc) is 3.25. The van der Waals surface area contributed by atoms with Gasteiger partial charge in [0, 0.05) is 42.8 Å². The number of nitrogens with zero attached hydrogens (tertiary/aromatic N) is 3. The molecule has 176 valence electrons. The Morgan fingerprint density at radius 2 is 1.94 bits per heavy atom. The molecule has 1 unspecified atom stereocenters. The number of H-pyrrole nitrogens is 1. The molecular formula is C21H27Cl3F2N6. The van der Waals surface area contributed by atoms with Gasteiger partial charge in [0.1, 0.15) is 0 Å². The molecule has 0 amide bonds. The molecule has 1 atom stereocenters. The van der Waals surface area contributed by atoms with Crippen LogP contribution in [0.25, 0.3) is 0 Å². The maximum absolute atomic E-state index is 13.7. The third kappa shape index (κ3) is 8.98. The quantitative estimate of drug-likeness (QED) is 0.227. The lowest BCUT2D eigenvalue weighted by molar-refractivity contribution is 0.505.